The molecule has 0 aromatic heterocycles. The minimum Gasteiger partial charge on any atom is -0.392 e. The van der Waals surface area contributed by atoms with Crippen molar-refractivity contribution in [1.29, 1.82) is 0 Å². The zero-order valence-electron chi connectivity index (χ0n) is 17.8. The summed E-state index contributed by atoms with van der Waals surface area (Å²) in [5.74, 6) is -2.90. The number of fused-ring (bicyclic) bond motifs is 4. The standard InChI is InChI=1S/C24H24ClN3O4/c1-12-16(25)9-8-15-19(12)26-23(32)24(15)18-17(20(27-24)13(2)29)21(30)28(22(18)31)11-10-14-6-4-3-5-7-14/h3-9,13,17-18,20,27,29H,10-11H2,1-2H3,(H,26,32)/t13-,17+,18+,20+,24-/m1/s1. The highest BCUT2D eigenvalue weighted by Gasteiger charge is 2.71. The Balaban J connectivity index is 1.57. The molecule has 2 saturated heterocycles. The van der Waals surface area contributed by atoms with Gasteiger partial charge in [0.2, 0.25) is 17.7 Å². The van der Waals surface area contributed by atoms with Crippen LogP contribution >= 0.6 is 11.6 Å². The molecular weight excluding hydrogens is 430 g/mol. The van der Waals surface area contributed by atoms with E-state index in [0.717, 1.165) is 5.56 Å². The summed E-state index contributed by atoms with van der Waals surface area (Å²) < 4.78 is 0. The Labute approximate surface area is 190 Å². The second kappa shape index (κ2) is 7.40. The summed E-state index contributed by atoms with van der Waals surface area (Å²) >= 11 is 6.26. The summed E-state index contributed by atoms with van der Waals surface area (Å²) in [7, 11) is 0. The van der Waals surface area contributed by atoms with Crippen LogP contribution in [-0.4, -0.2) is 46.4 Å². The van der Waals surface area contributed by atoms with E-state index >= 15 is 0 Å². The molecule has 3 heterocycles. The summed E-state index contributed by atoms with van der Waals surface area (Å²) in [6, 6.07) is 12.3. The highest BCUT2D eigenvalue weighted by molar-refractivity contribution is 6.32. The van der Waals surface area contributed by atoms with Crippen molar-refractivity contribution in [2.45, 2.75) is 38.0 Å². The first-order chi connectivity index (χ1) is 15.3. The van der Waals surface area contributed by atoms with E-state index in [2.05, 4.69) is 10.6 Å². The summed E-state index contributed by atoms with van der Waals surface area (Å²) in [5.41, 5.74) is 1.44. The van der Waals surface area contributed by atoms with Crippen LogP contribution in [0.15, 0.2) is 42.5 Å². The molecule has 0 saturated carbocycles. The van der Waals surface area contributed by atoms with Crippen LogP contribution in [0, 0.1) is 18.8 Å². The normalized spacial score (nSPS) is 29.4. The first-order valence-corrected chi connectivity index (χ1v) is 11.1. The highest BCUT2D eigenvalue weighted by Crippen LogP contribution is 2.54. The molecule has 8 heteroatoms. The molecule has 32 heavy (non-hydrogen) atoms. The number of carbonyl (C=O) groups is 3. The lowest BCUT2D eigenvalue weighted by Gasteiger charge is -2.30. The Morgan fingerprint density at radius 1 is 1.12 bits per heavy atom. The smallest absolute Gasteiger partial charge is 0.250 e. The van der Waals surface area contributed by atoms with Gasteiger partial charge < -0.3 is 10.4 Å². The van der Waals surface area contributed by atoms with Gasteiger partial charge in [-0.25, -0.2) is 0 Å². The van der Waals surface area contributed by atoms with Crippen LogP contribution in [0.3, 0.4) is 0 Å². The van der Waals surface area contributed by atoms with Gasteiger partial charge in [0.15, 0.2) is 0 Å². The lowest BCUT2D eigenvalue weighted by atomic mass is 9.76. The molecule has 5 rings (SSSR count). The number of nitrogens with zero attached hydrogens (tertiary/aromatic N) is 1. The van der Waals surface area contributed by atoms with Gasteiger partial charge in [-0.15, -0.1) is 0 Å². The van der Waals surface area contributed by atoms with Crippen molar-refractivity contribution in [3.05, 3.63) is 64.2 Å². The molecule has 0 aliphatic carbocycles. The van der Waals surface area contributed by atoms with Crippen molar-refractivity contribution in [3.63, 3.8) is 0 Å². The van der Waals surface area contributed by atoms with Crippen molar-refractivity contribution in [2.75, 3.05) is 11.9 Å². The second-order valence-electron chi connectivity index (χ2n) is 8.83. The number of hydrogen-bond acceptors (Lipinski definition) is 5. The minimum absolute atomic E-state index is 0.228. The molecule has 5 atom stereocenters. The van der Waals surface area contributed by atoms with Crippen molar-refractivity contribution in [2.24, 2.45) is 11.8 Å². The van der Waals surface area contributed by atoms with Gasteiger partial charge in [0, 0.05) is 23.2 Å². The predicted octanol–water partition coefficient (Wildman–Crippen LogP) is 1.99. The zero-order valence-corrected chi connectivity index (χ0v) is 18.5. The molecule has 1 spiro atoms. The van der Waals surface area contributed by atoms with Crippen LogP contribution in [0.5, 0.6) is 0 Å². The molecule has 0 radical (unpaired) electrons. The van der Waals surface area contributed by atoms with Gasteiger partial charge in [0.25, 0.3) is 0 Å². The minimum atomic E-state index is -1.43. The van der Waals surface area contributed by atoms with Crippen LogP contribution in [0.4, 0.5) is 5.69 Å². The lowest BCUT2D eigenvalue weighted by Crippen LogP contribution is -2.55. The third-order valence-corrected chi connectivity index (χ3v) is 7.51. The second-order valence-corrected chi connectivity index (χ2v) is 9.24. The molecule has 3 aliphatic heterocycles. The van der Waals surface area contributed by atoms with E-state index in [1.807, 2.05) is 30.3 Å². The number of carbonyl (C=O) groups excluding carboxylic acids is 3. The molecular formula is C24H24ClN3O4. The van der Waals surface area contributed by atoms with Crippen LogP contribution < -0.4 is 10.6 Å². The third-order valence-electron chi connectivity index (χ3n) is 7.10. The topological polar surface area (TPSA) is 98.7 Å². The molecule has 2 aromatic rings. The van der Waals surface area contributed by atoms with Crippen molar-refractivity contribution < 1.29 is 19.5 Å². The molecule has 2 fully saturated rings. The largest absolute Gasteiger partial charge is 0.392 e. The van der Waals surface area contributed by atoms with Crippen LogP contribution in [0.25, 0.3) is 0 Å². The maximum Gasteiger partial charge on any atom is 0.250 e. The Morgan fingerprint density at radius 2 is 1.84 bits per heavy atom. The average molecular weight is 454 g/mol. The molecule has 3 amide bonds. The number of halogens is 1. The van der Waals surface area contributed by atoms with Crippen molar-refractivity contribution in [3.8, 4) is 0 Å². The van der Waals surface area contributed by atoms with Gasteiger partial charge in [-0.3, -0.25) is 24.6 Å². The van der Waals surface area contributed by atoms with E-state index in [-0.39, 0.29) is 18.4 Å². The fourth-order valence-electron chi connectivity index (χ4n) is 5.50. The van der Waals surface area contributed by atoms with E-state index < -0.39 is 35.4 Å². The van der Waals surface area contributed by atoms with E-state index in [1.54, 1.807) is 26.0 Å². The molecule has 2 aromatic carbocycles. The predicted molar refractivity (Wildman–Crippen MR) is 119 cm³/mol. The van der Waals surface area contributed by atoms with Crippen LogP contribution in [0.2, 0.25) is 5.02 Å². The summed E-state index contributed by atoms with van der Waals surface area (Å²) in [6.45, 7) is 3.59. The Morgan fingerprint density at radius 3 is 2.53 bits per heavy atom. The van der Waals surface area contributed by atoms with Gasteiger partial charge >= 0.3 is 0 Å². The number of amides is 3. The molecule has 7 nitrogen and oxygen atoms in total. The fraction of sp³-hybridized carbons (Fsp3) is 0.375. The van der Waals surface area contributed by atoms with Gasteiger partial charge in [0.05, 0.1) is 23.6 Å². The number of aliphatic hydroxyl groups excluding tert-OH is 1. The Kier molecular flexibility index (Phi) is 4.89. The third kappa shape index (κ3) is 2.78. The Hall–Kier alpha value is -2.74. The first kappa shape index (κ1) is 21.1. The summed E-state index contributed by atoms with van der Waals surface area (Å²) in [5, 5.41) is 17.0. The number of imide groups is 1. The quantitative estimate of drug-likeness (QED) is 0.615. The fourth-order valence-corrected chi connectivity index (χ4v) is 5.66. The summed E-state index contributed by atoms with van der Waals surface area (Å²) in [4.78, 5) is 41.7. The maximum absolute atomic E-state index is 13.6. The lowest BCUT2D eigenvalue weighted by molar-refractivity contribution is -0.143. The van der Waals surface area contributed by atoms with Gasteiger partial charge in [-0.05, 0) is 37.5 Å². The SMILES string of the molecule is Cc1c(Cl)ccc2c1NC(=O)[C@@]21N[C@@H]([C@@H](C)O)[C@H]2C(=O)N(CCc3ccccc3)C(=O)[C@H]21. The number of aliphatic hydroxyl groups is 1. The molecule has 166 valence electrons. The van der Waals surface area contributed by atoms with Gasteiger partial charge in [0.1, 0.15) is 5.54 Å². The first-order valence-electron chi connectivity index (χ1n) is 10.7. The molecule has 3 N–H and O–H groups in total. The van der Waals surface area contributed by atoms with Crippen molar-refractivity contribution >= 4 is 35.0 Å². The average Bonchev–Trinajstić information content (AvgIpc) is 3.36. The van der Waals surface area contributed by atoms with Gasteiger partial charge in [-0.1, -0.05) is 48.0 Å². The number of rotatable bonds is 4. The monoisotopic (exact) mass is 453 g/mol. The zero-order chi connectivity index (χ0) is 22.8. The highest BCUT2D eigenvalue weighted by atomic mass is 35.5. The Bertz CT molecular complexity index is 1140. The molecule has 0 unspecified atom stereocenters. The number of hydrogen-bond donors (Lipinski definition) is 3. The number of nitrogens with one attached hydrogen (secondary N) is 2. The number of likely N-dealkylation sites (tertiary alicyclic amines) is 1. The molecule has 0 bridgehead atoms. The van der Waals surface area contributed by atoms with E-state index in [0.29, 0.717) is 28.3 Å². The van der Waals surface area contributed by atoms with Crippen molar-refractivity contribution in [1.82, 2.24) is 10.2 Å². The van der Waals surface area contributed by atoms with E-state index in [1.165, 1.54) is 4.90 Å². The molecule has 3 aliphatic rings. The summed E-state index contributed by atoms with van der Waals surface area (Å²) in [6.07, 6.45) is -0.410. The maximum atomic E-state index is 13.6. The van der Waals surface area contributed by atoms with Crippen LogP contribution in [-0.2, 0) is 26.3 Å². The van der Waals surface area contributed by atoms with Crippen LogP contribution in [0.1, 0.15) is 23.6 Å². The van der Waals surface area contributed by atoms with E-state index in [9.17, 15) is 19.5 Å². The van der Waals surface area contributed by atoms with Gasteiger partial charge in [-0.2, -0.15) is 0 Å². The number of benzene rings is 2. The number of anilines is 1. The van der Waals surface area contributed by atoms with E-state index in [4.69, 9.17) is 11.6 Å².